The summed E-state index contributed by atoms with van der Waals surface area (Å²) in [5, 5.41) is 46.6. The van der Waals surface area contributed by atoms with Crippen LogP contribution in [0.5, 0.6) is 5.75 Å². The van der Waals surface area contributed by atoms with Gasteiger partial charge in [0.05, 0.1) is 13.7 Å². The van der Waals surface area contributed by atoms with E-state index in [1.54, 1.807) is 24.3 Å². The van der Waals surface area contributed by atoms with Crippen LogP contribution in [-0.2, 0) is 11.2 Å². The van der Waals surface area contributed by atoms with Crippen LogP contribution in [-0.4, -0.2) is 69.4 Å². The molecule has 1 rings (SSSR count). The van der Waals surface area contributed by atoms with E-state index in [9.17, 15) is 25.2 Å². The fourth-order valence-electron chi connectivity index (χ4n) is 1.76. The van der Waals surface area contributed by atoms with E-state index in [0.717, 1.165) is 0 Å². The Morgan fingerprint density at radius 1 is 1.10 bits per heavy atom. The number of carbonyl (C=O) groups excluding carboxylic acids is 1. The molecule has 7 nitrogen and oxygen atoms in total. The normalized spacial score (nSPS) is 16.9. The van der Waals surface area contributed by atoms with Crippen molar-refractivity contribution in [2.45, 2.75) is 30.8 Å². The van der Waals surface area contributed by atoms with Crippen molar-refractivity contribution in [2.75, 3.05) is 13.7 Å². The molecule has 0 saturated carbocycles. The summed E-state index contributed by atoms with van der Waals surface area (Å²) in [5.41, 5.74) is 0.601. The van der Waals surface area contributed by atoms with E-state index in [2.05, 4.69) is 0 Å². The average Bonchev–Trinajstić information content (AvgIpc) is 2.52. The summed E-state index contributed by atoms with van der Waals surface area (Å²) in [6.45, 7) is -0.794. The van der Waals surface area contributed by atoms with E-state index >= 15 is 0 Å². The third kappa shape index (κ3) is 4.76. The summed E-state index contributed by atoms with van der Waals surface area (Å²) in [6.07, 6.45) is -7.33. The van der Waals surface area contributed by atoms with E-state index in [1.807, 2.05) is 0 Å². The minimum atomic E-state index is -1.88. The highest BCUT2D eigenvalue weighted by atomic mass is 16.5. The lowest BCUT2D eigenvalue weighted by molar-refractivity contribution is -0.146. The number of rotatable bonds is 8. The van der Waals surface area contributed by atoms with Crippen molar-refractivity contribution in [1.29, 1.82) is 0 Å². The fourth-order valence-corrected chi connectivity index (χ4v) is 1.76. The van der Waals surface area contributed by atoms with E-state index in [4.69, 9.17) is 9.84 Å². The highest BCUT2D eigenvalue weighted by molar-refractivity contribution is 5.85. The van der Waals surface area contributed by atoms with Gasteiger partial charge in [0, 0.05) is 6.42 Å². The molecule has 1 aromatic carbocycles. The molecule has 0 fully saturated rings. The van der Waals surface area contributed by atoms with Crippen molar-refractivity contribution in [3.63, 3.8) is 0 Å². The third-order valence-electron chi connectivity index (χ3n) is 3.12. The maximum atomic E-state index is 11.8. The van der Waals surface area contributed by atoms with Gasteiger partial charge in [0.2, 0.25) is 0 Å². The quantitative estimate of drug-likeness (QED) is 0.385. The molecule has 1 aromatic rings. The van der Waals surface area contributed by atoms with Crippen LogP contribution in [0, 0.1) is 0 Å². The van der Waals surface area contributed by atoms with Crippen LogP contribution in [0.15, 0.2) is 24.3 Å². The Balaban J connectivity index is 2.64. The van der Waals surface area contributed by atoms with Gasteiger partial charge in [-0.15, -0.1) is 0 Å². The minimum Gasteiger partial charge on any atom is -0.497 e. The number of hydrogen-bond acceptors (Lipinski definition) is 7. The first-order valence-electron chi connectivity index (χ1n) is 6.39. The Morgan fingerprint density at radius 3 is 2.14 bits per heavy atom. The SMILES string of the molecule is COc1ccc(CC(=O)[C@H](O)[C@@H](O)[C@@H](O)[C@H](O)CO)cc1. The second-order valence-electron chi connectivity index (χ2n) is 4.67. The van der Waals surface area contributed by atoms with Crippen molar-refractivity contribution in [1.82, 2.24) is 0 Å². The first kappa shape index (κ1) is 17.5. The molecule has 0 heterocycles. The molecular weight excluding hydrogens is 280 g/mol. The van der Waals surface area contributed by atoms with Crippen LogP contribution >= 0.6 is 0 Å². The van der Waals surface area contributed by atoms with Gasteiger partial charge in [0.1, 0.15) is 30.2 Å². The molecule has 21 heavy (non-hydrogen) atoms. The lowest BCUT2D eigenvalue weighted by atomic mass is 9.97. The number of hydrogen-bond donors (Lipinski definition) is 5. The smallest absolute Gasteiger partial charge is 0.168 e. The number of carbonyl (C=O) groups is 1. The number of ketones is 1. The van der Waals surface area contributed by atoms with Crippen LogP contribution in [0.2, 0.25) is 0 Å². The number of Topliss-reactive ketones (excluding diaryl/α,β-unsaturated/α-hetero) is 1. The summed E-state index contributed by atoms with van der Waals surface area (Å²) in [5.74, 6) is -0.0925. The van der Waals surface area contributed by atoms with Crippen molar-refractivity contribution < 1.29 is 35.1 Å². The van der Waals surface area contributed by atoms with Gasteiger partial charge in [-0.05, 0) is 17.7 Å². The van der Waals surface area contributed by atoms with Crippen LogP contribution in [0.1, 0.15) is 5.56 Å². The Hall–Kier alpha value is -1.51. The molecule has 0 unspecified atom stereocenters. The number of methoxy groups -OCH3 is 1. The van der Waals surface area contributed by atoms with E-state index in [1.165, 1.54) is 7.11 Å². The molecule has 0 amide bonds. The number of aliphatic hydroxyl groups is 5. The predicted octanol–water partition coefficient (Wildman–Crippen LogP) is -1.76. The van der Waals surface area contributed by atoms with Gasteiger partial charge >= 0.3 is 0 Å². The largest absolute Gasteiger partial charge is 0.497 e. The molecule has 7 heteroatoms. The van der Waals surface area contributed by atoms with E-state index in [0.29, 0.717) is 11.3 Å². The first-order chi connectivity index (χ1) is 9.90. The highest BCUT2D eigenvalue weighted by Gasteiger charge is 2.33. The predicted molar refractivity (Wildman–Crippen MR) is 72.8 cm³/mol. The molecule has 0 saturated heterocycles. The van der Waals surface area contributed by atoms with Gasteiger partial charge in [-0.1, -0.05) is 12.1 Å². The maximum Gasteiger partial charge on any atom is 0.168 e. The standard InChI is InChI=1S/C14H20O7/c1-21-9-4-2-8(3-5-9)6-10(16)12(18)14(20)13(19)11(17)7-15/h2-5,11-15,17-20H,6-7H2,1H3/t11-,12+,13+,14-/m1/s1. The summed E-state index contributed by atoms with van der Waals surface area (Å²) in [4.78, 5) is 11.8. The van der Waals surface area contributed by atoms with Crippen molar-refractivity contribution in [3.8, 4) is 5.75 Å². The molecule has 0 aliphatic carbocycles. The molecule has 0 bridgehead atoms. The molecule has 0 aromatic heterocycles. The average molecular weight is 300 g/mol. The third-order valence-corrected chi connectivity index (χ3v) is 3.12. The van der Waals surface area contributed by atoms with Gasteiger partial charge in [-0.2, -0.15) is 0 Å². The Labute approximate surface area is 122 Å². The zero-order chi connectivity index (χ0) is 16.0. The molecule has 0 spiro atoms. The molecule has 0 aliphatic heterocycles. The lowest BCUT2D eigenvalue weighted by Crippen LogP contribution is -2.49. The van der Waals surface area contributed by atoms with Crippen molar-refractivity contribution in [2.24, 2.45) is 0 Å². The van der Waals surface area contributed by atoms with Crippen molar-refractivity contribution in [3.05, 3.63) is 29.8 Å². The molecule has 5 N–H and O–H groups in total. The summed E-state index contributed by atoms with van der Waals surface area (Å²) >= 11 is 0. The Morgan fingerprint density at radius 2 is 1.67 bits per heavy atom. The molecule has 0 aliphatic rings. The zero-order valence-electron chi connectivity index (χ0n) is 11.6. The number of ether oxygens (including phenoxy) is 1. The molecule has 118 valence electrons. The van der Waals surface area contributed by atoms with Gasteiger partial charge < -0.3 is 30.3 Å². The van der Waals surface area contributed by atoms with Gasteiger partial charge in [-0.25, -0.2) is 0 Å². The summed E-state index contributed by atoms with van der Waals surface area (Å²) < 4.78 is 4.97. The topological polar surface area (TPSA) is 127 Å². The van der Waals surface area contributed by atoms with Crippen LogP contribution in [0.4, 0.5) is 0 Å². The number of benzene rings is 1. The molecule has 4 atom stereocenters. The van der Waals surface area contributed by atoms with Crippen LogP contribution in [0.25, 0.3) is 0 Å². The van der Waals surface area contributed by atoms with Gasteiger partial charge in [-0.3, -0.25) is 4.79 Å². The van der Waals surface area contributed by atoms with Gasteiger partial charge in [0.25, 0.3) is 0 Å². The van der Waals surface area contributed by atoms with E-state index in [-0.39, 0.29) is 6.42 Å². The first-order valence-corrected chi connectivity index (χ1v) is 6.39. The minimum absolute atomic E-state index is 0.149. The Bertz CT molecular complexity index is 445. The second-order valence-corrected chi connectivity index (χ2v) is 4.67. The summed E-state index contributed by atoms with van der Waals surface area (Å²) in [7, 11) is 1.51. The van der Waals surface area contributed by atoms with Crippen molar-refractivity contribution >= 4 is 5.78 Å². The second kappa shape index (κ2) is 8.06. The van der Waals surface area contributed by atoms with Crippen LogP contribution in [0.3, 0.4) is 0 Å². The van der Waals surface area contributed by atoms with E-state index < -0.39 is 36.8 Å². The molecule has 0 radical (unpaired) electrons. The summed E-state index contributed by atoms with van der Waals surface area (Å²) in [6, 6.07) is 6.56. The highest BCUT2D eigenvalue weighted by Crippen LogP contribution is 2.14. The molecular formula is C14H20O7. The monoisotopic (exact) mass is 300 g/mol. The zero-order valence-corrected chi connectivity index (χ0v) is 11.6. The maximum absolute atomic E-state index is 11.8. The lowest BCUT2D eigenvalue weighted by Gasteiger charge is -2.24. The van der Waals surface area contributed by atoms with Crippen LogP contribution < -0.4 is 4.74 Å². The Kier molecular flexibility index (Phi) is 6.73. The fraction of sp³-hybridized carbons (Fsp3) is 0.500. The van der Waals surface area contributed by atoms with Gasteiger partial charge in [0.15, 0.2) is 5.78 Å². The number of aliphatic hydroxyl groups excluding tert-OH is 5.